The summed E-state index contributed by atoms with van der Waals surface area (Å²) in [5.41, 5.74) is -0.478. The van der Waals surface area contributed by atoms with Gasteiger partial charge in [0, 0.05) is 0 Å². The van der Waals surface area contributed by atoms with Crippen molar-refractivity contribution in [2.45, 2.75) is 58.6 Å². The van der Waals surface area contributed by atoms with Gasteiger partial charge >= 0.3 is 5.97 Å². The first-order valence-corrected chi connectivity index (χ1v) is 23.3. The van der Waals surface area contributed by atoms with E-state index in [4.69, 9.17) is 61.3 Å². The Labute approximate surface area is 361 Å². The van der Waals surface area contributed by atoms with Gasteiger partial charge in [0.25, 0.3) is 8.32 Å². The molecular formula is C45H76O14Si. The Morgan fingerprint density at radius 3 is 0.883 bits per heavy atom. The summed E-state index contributed by atoms with van der Waals surface area (Å²) in [6.07, 6.45) is 0.229. The smallest absolute Gasteiger partial charge is 0.308 e. The van der Waals surface area contributed by atoms with Gasteiger partial charge in [0.1, 0.15) is 5.60 Å². The summed E-state index contributed by atoms with van der Waals surface area (Å²) < 4.78 is 73.1. The van der Waals surface area contributed by atoms with Crippen molar-refractivity contribution in [3.63, 3.8) is 0 Å². The molecule has 0 aliphatic heterocycles. The zero-order valence-corrected chi connectivity index (χ0v) is 38.5. The van der Waals surface area contributed by atoms with Gasteiger partial charge in [-0.25, -0.2) is 0 Å². The summed E-state index contributed by atoms with van der Waals surface area (Å²) in [7, 11) is -2.55. The van der Waals surface area contributed by atoms with Crippen LogP contribution >= 0.6 is 0 Å². The minimum Gasteiger partial charge on any atom is -0.460 e. The molecule has 15 heteroatoms. The number of rotatable bonds is 39. The van der Waals surface area contributed by atoms with Crippen molar-refractivity contribution in [1.29, 1.82) is 0 Å². The Morgan fingerprint density at radius 2 is 0.633 bits per heavy atom. The molecule has 0 saturated heterocycles. The molecule has 0 aliphatic rings. The van der Waals surface area contributed by atoms with Gasteiger partial charge in [0.15, 0.2) is 0 Å². The standard InChI is InChI=1S/C45H76O14Si/c1-44(2,3)59-43(46)17-18-47-19-20-48-21-22-49-23-24-50-25-26-51-27-28-52-29-30-53-31-32-54-33-34-55-35-36-56-37-38-57-39-40-58-60(45(4,5)6,41-13-9-7-10-14-41)42-15-11-8-12-16-42/h7-16H,17-40H2,1-6H3. The second-order valence-corrected chi connectivity index (χ2v) is 19.9. The molecule has 0 unspecified atom stereocenters. The van der Waals surface area contributed by atoms with Gasteiger partial charge in [-0.1, -0.05) is 81.4 Å². The van der Waals surface area contributed by atoms with Crippen molar-refractivity contribution in [2.24, 2.45) is 0 Å². The molecule has 0 atom stereocenters. The van der Waals surface area contributed by atoms with Gasteiger partial charge in [-0.05, 0) is 36.2 Å². The number of carbonyl (C=O) groups is 1. The highest BCUT2D eigenvalue weighted by Gasteiger charge is 2.50. The lowest BCUT2D eigenvalue weighted by atomic mass is 10.2. The molecular weight excluding hydrogens is 793 g/mol. The molecule has 0 radical (unpaired) electrons. The number of esters is 1. The number of benzene rings is 2. The van der Waals surface area contributed by atoms with E-state index >= 15 is 0 Å². The van der Waals surface area contributed by atoms with Crippen molar-refractivity contribution >= 4 is 24.7 Å². The van der Waals surface area contributed by atoms with E-state index in [1.165, 1.54) is 10.4 Å². The van der Waals surface area contributed by atoms with Crippen LogP contribution in [0, 0.1) is 0 Å². The van der Waals surface area contributed by atoms with Gasteiger partial charge in [-0.2, -0.15) is 0 Å². The van der Waals surface area contributed by atoms with E-state index in [9.17, 15) is 4.79 Å². The van der Waals surface area contributed by atoms with Crippen LogP contribution in [0.25, 0.3) is 0 Å². The van der Waals surface area contributed by atoms with E-state index in [2.05, 4.69) is 81.4 Å². The molecule has 344 valence electrons. The van der Waals surface area contributed by atoms with E-state index in [0.29, 0.717) is 152 Å². The molecule has 2 aromatic rings. The first-order valence-electron chi connectivity index (χ1n) is 21.4. The second-order valence-electron chi connectivity index (χ2n) is 15.6. The number of carbonyl (C=O) groups excluding carboxylic acids is 1. The van der Waals surface area contributed by atoms with Crippen LogP contribution in [0.4, 0.5) is 0 Å². The van der Waals surface area contributed by atoms with Crippen molar-refractivity contribution in [1.82, 2.24) is 0 Å². The summed E-state index contributed by atoms with van der Waals surface area (Å²) in [6.45, 7) is 23.3. The van der Waals surface area contributed by atoms with Gasteiger partial charge in [-0.15, -0.1) is 0 Å². The van der Waals surface area contributed by atoms with Crippen LogP contribution in [-0.2, 0) is 66.1 Å². The highest BCUT2D eigenvalue weighted by Crippen LogP contribution is 2.36. The quantitative estimate of drug-likeness (QED) is 0.0531. The summed E-state index contributed by atoms with van der Waals surface area (Å²) in [4.78, 5) is 11.6. The highest BCUT2D eigenvalue weighted by atomic mass is 28.4. The molecule has 0 saturated carbocycles. The Hall–Kier alpha value is -2.35. The lowest BCUT2D eigenvalue weighted by Gasteiger charge is -2.43. The first kappa shape index (κ1) is 53.8. The second kappa shape index (κ2) is 34.2. The molecule has 0 N–H and O–H groups in total. The Morgan fingerprint density at radius 1 is 0.383 bits per heavy atom. The zero-order valence-electron chi connectivity index (χ0n) is 37.5. The van der Waals surface area contributed by atoms with Gasteiger partial charge in [0.2, 0.25) is 0 Å². The van der Waals surface area contributed by atoms with Crippen molar-refractivity contribution < 1.29 is 66.1 Å². The number of hydrogen-bond acceptors (Lipinski definition) is 14. The molecule has 0 heterocycles. The van der Waals surface area contributed by atoms with Crippen LogP contribution in [0.1, 0.15) is 48.0 Å². The number of hydrogen-bond donors (Lipinski definition) is 0. The largest absolute Gasteiger partial charge is 0.460 e. The van der Waals surface area contributed by atoms with E-state index < -0.39 is 13.9 Å². The predicted molar refractivity (Wildman–Crippen MR) is 233 cm³/mol. The maximum absolute atomic E-state index is 11.6. The molecule has 0 bridgehead atoms. The monoisotopic (exact) mass is 869 g/mol. The normalized spacial score (nSPS) is 12.3. The minimum atomic E-state index is -2.55. The molecule has 0 spiro atoms. The first-order chi connectivity index (χ1) is 29.1. The third-order valence-electron chi connectivity index (χ3n) is 8.55. The molecule has 0 amide bonds. The van der Waals surface area contributed by atoms with Gasteiger partial charge in [-0.3, -0.25) is 4.79 Å². The lowest BCUT2D eigenvalue weighted by molar-refractivity contribution is -0.156. The molecule has 60 heavy (non-hydrogen) atoms. The highest BCUT2D eigenvalue weighted by molar-refractivity contribution is 6.99. The van der Waals surface area contributed by atoms with E-state index in [1.54, 1.807) is 0 Å². The fourth-order valence-electron chi connectivity index (χ4n) is 5.86. The molecule has 2 rings (SSSR count). The van der Waals surface area contributed by atoms with Gasteiger partial charge in [0.05, 0.1) is 158 Å². The van der Waals surface area contributed by atoms with Crippen molar-refractivity contribution in [3.05, 3.63) is 60.7 Å². The van der Waals surface area contributed by atoms with Crippen LogP contribution in [0.3, 0.4) is 0 Å². The van der Waals surface area contributed by atoms with Crippen LogP contribution in [-0.4, -0.2) is 172 Å². The third kappa shape index (κ3) is 26.2. The van der Waals surface area contributed by atoms with Gasteiger partial charge < -0.3 is 61.3 Å². The molecule has 0 fully saturated rings. The van der Waals surface area contributed by atoms with E-state index in [-0.39, 0.29) is 17.4 Å². The lowest BCUT2D eigenvalue weighted by Crippen LogP contribution is -2.66. The fraction of sp³-hybridized carbons (Fsp3) is 0.711. The maximum Gasteiger partial charge on any atom is 0.308 e. The maximum atomic E-state index is 11.6. The Bertz CT molecular complexity index is 1240. The molecule has 2 aromatic carbocycles. The molecule has 0 aliphatic carbocycles. The zero-order chi connectivity index (χ0) is 43.5. The van der Waals surface area contributed by atoms with E-state index in [0.717, 1.165) is 0 Å². The topological polar surface area (TPSA) is 137 Å². The number of ether oxygens (including phenoxy) is 12. The van der Waals surface area contributed by atoms with Crippen LogP contribution in [0.15, 0.2) is 60.7 Å². The van der Waals surface area contributed by atoms with Crippen LogP contribution in [0.5, 0.6) is 0 Å². The SMILES string of the molecule is CC(C)(C)OC(=O)CCOCCOCCOCCOCCOCCOCCOCCOCCOCCOCCOCCO[Si](c1ccccc1)(c1ccccc1)C(C)(C)C. The Balaban J connectivity index is 1.26. The molecule has 14 nitrogen and oxygen atoms in total. The third-order valence-corrected chi connectivity index (χ3v) is 13.6. The van der Waals surface area contributed by atoms with Crippen LogP contribution < -0.4 is 10.4 Å². The van der Waals surface area contributed by atoms with Crippen molar-refractivity contribution in [3.8, 4) is 0 Å². The molecule has 0 aromatic heterocycles. The summed E-state index contributed by atoms with van der Waals surface area (Å²) in [6, 6.07) is 21.3. The Kier molecular flexibility index (Phi) is 30.6. The van der Waals surface area contributed by atoms with E-state index in [1.807, 2.05) is 20.8 Å². The summed E-state index contributed by atoms with van der Waals surface area (Å²) in [5.74, 6) is -0.266. The predicted octanol–water partition coefficient (Wildman–Crippen LogP) is 4.48. The summed E-state index contributed by atoms with van der Waals surface area (Å²) >= 11 is 0. The average molecular weight is 869 g/mol. The fourth-order valence-corrected chi connectivity index (χ4v) is 10.4. The minimum absolute atomic E-state index is 0.0619. The summed E-state index contributed by atoms with van der Waals surface area (Å²) in [5, 5.41) is 2.46. The van der Waals surface area contributed by atoms with Crippen LogP contribution in [0.2, 0.25) is 5.04 Å². The van der Waals surface area contributed by atoms with Crippen molar-refractivity contribution in [2.75, 3.05) is 152 Å². The average Bonchev–Trinajstić information content (AvgIpc) is 3.21.